The second-order valence-corrected chi connectivity index (χ2v) is 6.29. The summed E-state index contributed by atoms with van der Waals surface area (Å²) in [5.41, 5.74) is 1.72. The van der Waals surface area contributed by atoms with Crippen molar-refractivity contribution in [2.45, 2.75) is 51.7 Å². The van der Waals surface area contributed by atoms with Crippen LogP contribution in [0.4, 0.5) is 4.79 Å². The molecule has 1 aromatic rings. The first kappa shape index (κ1) is 13.9. The van der Waals surface area contributed by atoms with Crippen LogP contribution >= 0.6 is 0 Å². The molecule has 1 fully saturated rings. The van der Waals surface area contributed by atoms with Gasteiger partial charge in [-0.05, 0) is 39.7 Å². The minimum atomic E-state index is -0.464. The van der Waals surface area contributed by atoms with Crippen LogP contribution in [0.1, 0.15) is 50.9 Å². The second-order valence-electron chi connectivity index (χ2n) is 6.29. The van der Waals surface area contributed by atoms with Crippen LogP contribution in [0.2, 0.25) is 0 Å². The molecule has 2 rings (SSSR count). The van der Waals surface area contributed by atoms with Crippen LogP contribution < -0.4 is 0 Å². The van der Waals surface area contributed by atoms with Crippen LogP contribution in [0.5, 0.6) is 0 Å². The maximum atomic E-state index is 11.9. The molecule has 1 aliphatic rings. The Kier molecular flexibility index (Phi) is 3.56. The van der Waals surface area contributed by atoms with Crippen molar-refractivity contribution >= 4 is 6.09 Å². The number of aromatic nitrogens is 2. The number of hydrogen-bond donors (Lipinski definition) is 0. The normalized spacial score (nSPS) is 15.4. The van der Waals surface area contributed by atoms with E-state index in [1.807, 2.05) is 32.5 Å². The molecule has 0 bridgehead atoms. The van der Waals surface area contributed by atoms with Gasteiger partial charge in [-0.1, -0.05) is 0 Å². The monoisotopic (exact) mass is 265 g/mol. The zero-order valence-corrected chi connectivity index (χ0v) is 12.4. The van der Waals surface area contributed by atoms with E-state index in [0.717, 1.165) is 5.69 Å². The maximum Gasteiger partial charge on any atom is 0.410 e. The van der Waals surface area contributed by atoms with Gasteiger partial charge in [-0.15, -0.1) is 0 Å². The lowest BCUT2D eigenvalue weighted by atomic mass is 10.2. The fourth-order valence-corrected chi connectivity index (χ4v) is 2.03. The van der Waals surface area contributed by atoms with E-state index in [0.29, 0.717) is 12.5 Å². The molecule has 0 spiro atoms. The Morgan fingerprint density at radius 3 is 2.68 bits per heavy atom. The first-order valence-corrected chi connectivity index (χ1v) is 6.73. The highest BCUT2D eigenvalue weighted by atomic mass is 16.6. The minimum absolute atomic E-state index is 0.314. The molecule has 19 heavy (non-hydrogen) atoms. The number of hydrogen-bond acceptors (Lipinski definition) is 3. The van der Waals surface area contributed by atoms with Crippen LogP contribution in [-0.4, -0.2) is 33.4 Å². The lowest BCUT2D eigenvalue weighted by Gasteiger charge is -2.24. The number of nitrogens with zero attached hydrogens (tertiary/aromatic N) is 3. The Bertz CT molecular complexity index is 470. The number of aryl methyl sites for hydroxylation is 1. The van der Waals surface area contributed by atoms with Crippen molar-refractivity contribution < 1.29 is 9.53 Å². The van der Waals surface area contributed by atoms with Gasteiger partial charge in [0.15, 0.2) is 0 Å². The van der Waals surface area contributed by atoms with Gasteiger partial charge in [-0.3, -0.25) is 4.68 Å². The summed E-state index contributed by atoms with van der Waals surface area (Å²) in [7, 11) is 3.70. The molecular weight excluding hydrogens is 242 g/mol. The largest absolute Gasteiger partial charge is 0.444 e. The van der Waals surface area contributed by atoms with Crippen molar-refractivity contribution in [1.82, 2.24) is 14.7 Å². The predicted molar refractivity (Wildman–Crippen MR) is 72.9 cm³/mol. The molecule has 5 nitrogen and oxygen atoms in total. The summed E-state index contributed by atoms with van der Waals surface area (Å²) in [6.45, 7) is 6.08. The lowest BCUT2D eigenvalue weighted by molar-refractivity contribution is 0.0283. The molecule has 0 atom stereocenters. The van der Waals surface area contributed by atoms with E-state index in [1.165, 1.54) is 18.5 Å². The Morgan fingerprint density at radius 2 is 2.16 bits per heavy atom. The zero-order chi connectivity index (χ0) is 14.2. The molecular formula is C14H23N3O2. The molecule has 1 saturated carbocycles. The fourth-order valence-electron chi connectivity index (χ4n) is 2.03. The molecule has 1 amide bonds. The predicted octanol–water partition coefficient (Wildman–Crippen LogP) is 2.66. The van der Waals surface area contributed by atoms with Gasteiger partial charge in [0.25, 0.3) is 0 Å². The van der Waals surface area contributed by atoms with Gasteiger partial charge in [0.2, 0.25) is 0 Å². The Morgan fingerprint density at radius 1 is 1.53 bits per heavy atom. The van der Waals surface area contributed by atoms with Crippen molar-refractivity contribution in [3.63, 3.8) is 0 Å². The highest BCUT2D eigenvalue weighted by molar-refractivity contribution is 5.67. The summed E-state index contributed by atoms with van der Waals surface area (Å²) in [4.78, 5) is 13.4. The van der Waals surface area contributed by atoms with Crippen molar-refractivity contribution in [2.75, 3.05) is 7.05 Å². The van der Waals surface area contributed by atoms with Gasteiger partial charge >= 0.3 is 6.09 Å². The van der Waals surface area contributed by atoms with Gasteiger partial charge in [0.05, 0.1) is 12.2 Å². The Hall–Kier alpha value is -1.52. The average molecular weight is 265 g/mol. The van der Waals surface area contributed by atoms with Crippen LogP contribution in [0.25, 0.3) is 0 Å². The first-order valence-electron chi connectivity index (χ1n) is 6.73. The fraction of sp³-hybridized carbons (Fsp3) is 0.714. The molecule has 1 aliphatic carbocycles. The number of carbonyl (C=O) groups excluding carboxylic acids is 1. The quantitative estimate of drug-likeness (QED) is 0.844. The third kappa shape index (κ3) is 3.72. The minimum Gasteiger partial charge on any atom is -0.444 e. The van der Waals surface area contributed by atoms with Crippen LogP contribution in [0, 0.1) is 0 Å². The number of rotatable bonds is 3. The molecule has 5 heteroatoms. The summed E-state index contributed by atoms with van der Waals surface area (Å²) < 4.78 is 7.25. The Balaban J connectivity index is 1.96. The highest BCUT2D eigenvalue weighted by Gasteiger charge is 2.27. The molecule has 1 aromatic heterocycles. The maximum absolute atomic E-state index is 11.9. The number of amides is 1. The van der Waals surface area contributed by atoms with Crippen molar-refractivity contribution in [1.29, 1.82) is 0 Å². The topological polar surface area (TPSA) is 47.4 Å². The van der Waals surface area contributed by atoms with E-state index in [-0.39, 0.29) is 6.09 Å². The van der Waals surface area contributed by atoms with Gasteiger partial charge in [0, 0.05) is 25.7 Å². The molecule has 0 radical (unpaired) electrons. The van der Waals surface area contributed by atoms with Crippen LogP contribution in [-0.2, 0) is 18.3 Å². The highest BCUT2D eigenvalue weighted by Crippen LogP contribution is 2.40. The zero-order valence-electron chi connectivity index (χ0n) is 12.4. The molecule has 0 N–H and O–H groups in total. The van der Waals surface area contributed by atoms with Crippen molar-refractivity contribution in [3.8, 4) is 0 Å². The third-order valence-corrected chi connectivity index (χ3v) is 3.07. The van der Waals surface area contributed by atoms with Crippen molar-refractivity contribution in [3.05, 3.63) is 17.5 Å². The summed E-state index contributed by atoms with van der Waals surface area (Å²) in [6, 6.07) is 2.10. The molecule has 0 aromatic carbocycles. The van der Waals surface area contributed by atoms with Crippen LogP contribution in [0.3, 0.4) is 0 Å². The third-order valence-electron chi connectivity index (χ3n) is 3.07. The smallest absolute Gasteiger partial charge is 0.410 e. The molecule has 0 aliphatic heterocycles. The van der Waals surface area contributed by atoms with E-state index < -0.39 is 5.60 Å². The lowest BCUT2D eigenvalue weighted by Crippen LogP contribution is -2.33. The number of carbonyl (C=O) groups is 1. The van der Waals surface area contributed by atoms with Gasteiger partial charge in [0.1, 0.15) is 5.60 Å². The second kappa shape index (κ2) is 4.87. The van der Waals surface area contributed by atoms with Gasteiger partial charge < -0.3 is 9.64 Å². The van der Waals surface area contributed by atoms with E-state index >= 15 is 0 Å². The molecule has 1 heterocycles. The van der Waals surface area contributed by atoms with Crippen molar-refractivity contribution in [2.24, 2.45) is 7.05 Å². The van der Waals surface area contributed by atoms with E-state index in [2.05, 4.69) is 11.2 Å². The van der Waals surface area contributed by atoms with E-state index in [9.17, 15) is 4.79 Å². The van der Waals surface area contributed by atoms with E-state index in [4.69, 9.17) is 4.74 Å². The molecule has 106 valence electrons. The Labute approximate surface area is 114 Å². The van der Waals surface area contributed by atoms with Gasteiger partial charge in [-0.25, -0.2) is 4.79 Å². The number of ether oxygens (including phenoxy) is 1. The molecule has 0 saturated heterocycles. The first-order chi connectivity index (χ1) is 8.76. The van der Waals surface area contributed by atoms with Gasteiger partial charge in [-0.2, -0.15) is 5.10 Å². The summed E-state index contributed by atoms with van der Waals surface area (Å²) in [5.74, 6) is 0.665. The summed E-state index contributed by atoms with van der Waals surface area (Å²) in [6.07, 6.45) is 2.19. The standard InChI is InChI=1S/C14H23N3O2/c1-14(2,3)19-13(18)16(4)9-11-8-12(10-6-7-10)17(5)15-11/h8,10H,6-7,9H2,1-5H3. The van der Waals surface area contributed by atoms with E-state index in [1.54, 1.807) is 11.9 Å². The average Bonchev–Trinajstić information content (AvgIpc) is 3.01. The van der Waals surface area contributed by atoms with Crippen LogP contribution in [0.15, 0.2) is 6.07 Å². The SMILES string of the molecule is CN(Cc1cc(C2CC2)n(C)n1)C(=O)OC(C)(C)C. The summed E-state index contributed by atoms with van der Waals surface area (Å²) in [5, 5.41) is 4.46. The summed E-state index contributed by atoms with van der Waals surface area (Å²) >= 11 is 0. The molecule has 0 unspecified atom stereocenters.